The molecule has 3 N–H and O–H groups in total. The van der Waals surface area contributed by atoms with E-state index >= 15 is 0 Å². The Labute approximate surface area is 133 Å². The number of ether oxygens (including phenoxy) is 1. The van der Waals surface area contributed by atoms with Crippen LogP contribution in [0.5, 0.6) is 5.75 Å². The molecule has 0 heterocycles. The molecule has 5 nitrogen and oxygen atoms in total. The van der Waals surface area contributed by atoms with Gasteiger partial charge in [0, 0.05) is 11.3 Å². The fourth-order valence-electron chi connectivity index (χ4n) is 2.04. The number of hydrogen-bond acceptors (Lipinski definition) is 3. The normalized spacial score (nSPS) is 11.6. The van der Waals surface area contributed by atoms with E-state index in [4.69, 9.17) is 10.5 Å². The van der Waals surface area contributed by atoms with Crippen molar-refractivity contribution < 1.29 is 18.7 Å². The third-order valence-electron chi connectivity index (χ3n) is 3.35. The van der Waals surface area contributed by atoms with Crippen molar-refractivity contribution >= 4 is 17.5 Å². The number of primary amides is 1. The Bertz CT molecular complexity index is 729. The van der Waals surface area contributed by atoms with Crippen LogP contribution in [0.4, 0.5) is 10.1 Å². The van der Waals surface area contributed by atoms with E-state index in [1.165, 1.54) is 24.3 Å². The number of nitrogens with one attached hydrogen (secondary N) is 1. The first-order valence-corrected chi connectivity index (χ1v) is 7.01. The van der Waals surface area contributed by atoms with Gasteiger partial charge in [-0.2, -0.15) is 0 Å². The van der Waals surface area contributed by atoms with E-state index in [1.54, 1.807) is 32.0 Å². The number of amides is 2. The van der Waals surface area contributed by atoms with Crippen LogP contribution in [0.1, 0.15) is 22.8 Å². The van der Waals surface area contributed by atoms with Crippen LogP contribution in [-0.2, 0) is 4.79 Å². The fraction of sp³-hybridized carbons (Fsp3) is 0.176. The average Bonchev–Trinajstić information content (AvgIpc) is 2.51. The summed E-state index contributed by atoms with van der Waals surface area (Å²) in [6.45, 7) is 3.27. The molecule has 2 aromatic rings. The van der Waals surface area contributed by atoms with E-state index in [9.17, 15) is 14.0 Å². The zero-order valence-corrected chi connectivity index (χ0v) is 12.8. The Kier molecular flexibility index (Phi) is 4.95. The number of halogens is 1. The first-order chi connectivity index (χ1) is 10.9. The molecule has 0 aromatic heterocycles. The van der Waals surface area contributed by atoms with Gasteiger partial charge in [0.2, 0.25) is 5.91 Å². The van der Waals surface area contributed by atoms with Crippen molar-refractivity contribution in [3.63, 3.8) is 0 Å². The molecule has 0 fully saturated rings. The fourth-order valence-corrected chi connectivity index (χ4v) is 2.04. The molecule has 2 amide bonds. The van der Waals surface area contributed by atoms with E-state index in [1.807, 2.05) is 0 Å². The van der Waals surface area contributed by atoms with Crippen LogP contribution in [0, 0.1) is 12.7 Å². The molecule has 0 aliphatic rings. The second-order valence-corrected chi connectivity index (χ2v) is 5.05. The van der Waals surface area contributed by atoms with Crippen molar-refractivity contribution in [1.29, 1.82) is 0 Å². The number of nitrogens with two attached hydrogens (primary N) is 1. The number of carbonyl (C=O) groups is 2. The van der Waals surface area contributed by atoms with Gasteiger partial charge in [-0.25, -0.2) is 4.39 Å². The number of carbonyl (C=O) groups excluding carboxylic acids is 2. The zero-order valence-electron chi connectivity index (χ0n) is 12.8. The van der Waals surface area contributed by atoms with Crippen LogP contribution >= 0.6 is 0 Å². The molecular weight excluding hydrogens is 299 g/mol. The summed E-state index contributed by atoms with van der Waals surface area (Å²) in [5.41, 5.74) is 6.70. The smallest absolute Gasteiger partial charge is 0.265 e. The molecular formula is C17H17FN2O3. The van der Waals surface area contributed by atoms with Gasteiger partial charge in [-0.3, -0.25) is 9.59 Å². The Morgan fingerprint density at radius 3 is 2.43 bits per heavy atom. The van der Waals surface area contributed by atoms with Gasteiger partial charge in [-0.15, -0.1) is 0 Å². The van der Waals surface area contributed by atoms with Gasteiger partial charge in [0.1, 0.15) is 11.6 Å². The lowest BCUT2D eigenvalue weighted by molar-refractivity contribution is -0.122. The van der Waals surface area contributed by atoms with Crippen LogP contribution in [0.3, 0.4) is 0 Å². The lowest BCUT2D eigenvalue weighted by atomic mass is 10.1. The number of hydrogen-bond donors (Lipinski definition) is 2. The minimum Gasteiger partial charge on any atom is -0.481 e. The van der Waals surface area contributed by atoms with Crippen molar-refractivity contribution in [2.24, 2.45) is 5.73 Å². The summed E-state index contributed by atoms with van der Waals surface area (Å²) < 4.78 is 18.3. The number of rotatable bonds is 5. The summed E-state index contributed by atoms with van der Waals surface area (Å²) in [7, 11) is 0. The van der Waals surface area contributed by atoms with Crippen LogP contribution in [0.15, 0.2) is 42.5 Å². The molecule has 23 heavy (non-hydrogen) atoms. The summed E-state index contributed by atoms with van der Waals surface area (Å²) in [4.78, 5) is 23.5. The predicted octanol–water partition coefficient (Wildman–Crippen LogP) is 2.64. The highest BCUT2D eigenvalue weighted by atomic mass is 19.1. The van der Waals surface area contributed by atoms with Crippen molar-refractivity contribution in [2.75, 3.05) is 5.32 Å². The maximum atomic E-state index is 12.8. The van der Waals surface area contributed by atoms with Gasteiger partial charge in [-0.05, 0) is 55.8 Å². The van der Waals surface area contributed by atoms with E-state index in [-0.39, 0.29) is 11.7 Å². The number of benzene rings is 2. The van der Waals surface area contributed by atoms with Crippen LogP contribution in [-0.4, -0.2) is 17.9 Å². The highest BCUT2D eigenvalue weighted by Gasteiger charge is 2.17. The van der Waals surface area contributed by atoms with Gasteiger partial charge in [0.15, 0.2) is 6.10 Å². The van der Waals surface area contributed by atoms with E-state index in [0.29, 0.717) is 22.6 Å². The average molecular weight is 316 g/mol. The Morgan fingerprint density at radius 1 is 1.17 bits per heavy atom. The second kappa shape index (κ2) is 6.91. The number of anilines is 1. The van der Waals surface area contributed by atoms with Crippen molar-refractivity contribution in [3.8, 4) is 5.75 Å². The minimum atomic E-state index is -0.794. The largest absolute Gasteiger partial charge is 0.481 e. The van der Waals surface area contributed by atoms with Crippen LogP contribution < -0.4 is 15.8 Å². The van der Waals surface area contributed by atoms with Crippen molar-refractivity contribution in [2.45, 2.75) is 20.0 Å². The molecule has 0 unspecified atom stereocenters. The third kappa shape index (κ3) is 4.06. The first-order valence-electron chi connectivity index (χ1n) is 7.01. The van der Waals surface area contributed by atoms with Gasteiger partial charge >= 0.3 is 0 Å². The molecule has 6 heteroatoms. The maximum absolute atomic E-state index is 12.8. The molecule has 0 aliphatic heterocycles. The topological polar surface area (TPSA) is 81.4 Å². The summed E-state index contributed by atoms with van der Waals surface area (Å²) in [5.74, 6) is -0.946. The second-order valence-electron chi connectivity index (χ2n) is 5.05. The molecule has 0 aliphatic carbocycles. The lowest BCUT2D eigenvalue weighted by Crippen LogP contribution is -2.30. The van der Waals surface area contributed by atoms with E-state index in [0.717, 1.165) is 0 Å². The molecule has 0 spiro atoms. The molecule has 0 saturated heterocycles. The Balaban J connectivity index is 2.08. The van der Waals surface area contributed by atoms with Crippen LogP contribution in [0.2, 0.25) is 0 Å². The quantitative estimate of drug-likeness (QED) is 0.889. The van der Waals surface area contributed by atoms with Gasteiger partial charge in [-0.1, -0.05) is 6.07 Å². The summed E-state index contributed by atoms with van der Waals surface area (Å²) in [5, 5.41) is 2.69. The molecule has 2 rings (SSSR count). The summed E-state index contributed by atoms with van der Waals surface area (Å²) in [6.07, 6.45) is -0.794. The minimum absolute atomic E-state index is 0.343. The highest BCUT2D eigenvalue weighted by molar-refractivity contribution is 5.99. The summed E-state index contributed by atoms with van der Waals surface area (Å²) >= 11 is 0. The van der Waals surface area contributed by atoms with Gasteiger partial charge in [0.25, 0.3) is 5.91 Å². The van der Waals surface area contributed by atoms with E-state index < -0.39 is 12.0 Å². The monoisotopic (exact) mass is 316 g/mol. The van der Waals surface area contributed by atoms with Gasteiger partial charge < -0.3 is 15.8 Å². The predicted molar refractivity (Wildman–Crippen MR) is 84.8 cm³/mol. The van der Waals surface area contributed by atoms with E-state index in [2.05, 4.69) is 5.32 Å². The summed E-state index contributed by atoms with van der Waals surface area (Å²) in [6, 6.07) is 10.3. The third-order valence-corrected chi connectivity index (χ3v) is 3.35. The van der Waals surface area contributed by atoms with Crippen LogP contribution in [0.25, 0.3) is 0 Å². The maximum Gasteiger partial charge on any atom is 0.265 e. The molecule has 0 bridgehead atoms. The molecule has 0 radical (unpaired) electrons. The van der Waals surface area contributed by atoms with Crippen molar-refractivity contribution in [3.05, 3.63) is 59.4 Å². The Morgan fingerprint density at radius 2 is 1.83 bits per heavy atom. The molecule has 120 valence electrons. The standard InChI is InChI=1S/C17H17FN2O3/c1-10-14(16(19)21)4-3-5-15(10)20-17(22)11(2)23-13-8-6-12(18)7-9-13/h3-9,11H,1-2H3,(H2,19,21)(H,20,22)/t11-/m0/s1. The zero-order chi connectivity index (χ0) is 17.0. The SMILES string of the molecule is Cc1c(NC(=O)[C@H](C)Oc2ccc(F)cc2)cccc1C(N)=O. The van der Waals surface area contributed by atoms with Crippen molar-refractivity contribution in [1.82, 2.24) is 0 Å². The Hall–Kier alpha value is -2.89. The molecule has 1 atom stereocenters. The van der Waals surface area contributed by atoms with Gasteiger partial charge in [0.05, 0.1) is 0 Å². The first kappa shape index (κ1) is 16.5. The molecule has 2 aromatic carbocycles. The lowest BCUT2D eigenvalue weighted by Gasteiger charge is -2.16. The molecule has 0 saturated carbocycles. The highest BCUT2D eigenvalue weighted by Crippen LogP contribution is 2.19.